The first-order chi connectivity index (χ1) is 11.0. The SMILES string of the molecule is COc1cc(C(=O)Nc2ccc(Br)cn2)c(N)c(OC)c1OC. The molecule has 2 aromatic rings. The summed E-state index contributed by atoms with van der Waals surface area (Å²) in [5.74, 6) is 0.863. The number of anilines is 2. The van der Waals surface area contributed by atoms with Crippen LogP contribution < -0.4 is 25.3 Å². The average Bonchev–Trinajstić information content (AvgIpc) is 2.56. The predicted octanol–water partition coefficient (Wildman–Crippen LogP) is 2.70. The average molecular weight is 382 g/mol. The molecule has 0 aliphatic heterocycles. The largest absolute Gasteiger partial charge is 0.493 e. The van der Waals surface area contributed by atoms with Crippen LogP contribution in [-0.2, 0) is 0 Å². The van der Waals surface area contributed by atoms with Crippen LogP contribution in [0.1, 0.15) is 10.4 Å². The Morgan fingerprint density at radius 1 is 1.17 bits per heavy atom. The fourth-order valence-electron chi connectivity index (χ4n) is 2.00. The van der Waals surface area contributed by atoms with Crippen LogP contribution in [0.2, 0.25) is 0 Å². The van der Waals surface area contributed by atoms with Gasteiger partial charge in [-0.05, 0) is 34.1 Å². The fourth-order valence-corrected chi connectivity index (χ4v) is 2.23. The molecule has 1 amide bonds. The Morgan fingerprint density at radius 2 is 1.87 bits per heavy atom. The van der Waals surface area contributed by atoms with E-state index >= 15 is 0 Å². The number of carbonyl (C=O) groups excluding carboxylic acids is 1. The number of benzene rings is 1. The Bertz CT molecular complexity index is 720. The van der Waals surface area contributed by atoms with Crippen molar-refractivity contribution in [2.75, 3.05) is 32.4 Å². The second-order valence-electron chi connectivity index (χ2n) is 4.42. The molecule has 1 aromatic heterocycles. The Morgan fingerprint density at radius 3 is 2.39 bits per heavy atom. The number of hydrogen-bond acceptors (Lipinski definition) is 6. The zero-order chi connectivity index (χ0) is 17.0. The Kier molecular flexibility index (Phi) is 5.28. The third-order valence-electron chi connectivity index (χ3n) is 3.08. The monoisotopic (exact) mass is 381 g/mol. The molecule has 0 atom stereocenters. The van der Waals surface area contributed by atoms with Gasteiger partial charge in [-0.2, -0.15) is 0 Å². The van der Waals surface area contributed by atoms with Crippen molar-refractivity contribution in [2.45, 2.75) is 0 Å². The number of carbonyl (C=O) groups is 1. The molecule has 1 heterocycles. The van der Waals surface area contributed by atoms with E-state index in [4.69, 9.17) is 19.9 Å². The van der Waals surface area contributed by atoms with Crippen molar-refractivity contribution in [1.82, 2.24) is 4.98 Å². The molecule has 0 radical (unpaired) electrons. The van der Waals surface area contributed by atoms with Gasteiger partial charge >= 0.3 is 0 Å². The highest BCUT2D eigenvalue weighted by Crippen LogP contribution is 2.43. The van der Waals surface area contributed by atoms with Gasteiger partial charge in [-0.25, -0.2) is 4.98 Å². The molecule has 0 bridgehead atoms. The number of methoxy groups -OCH3 is 3. The molecule has 0 saturated heterocycles. The fraction of sp³-hybridized carbons (Fsp3) is 0.200. The van der Waals surface area contributed by atoms with Crippen LogP contribution in [0, 0.1) is 0 Å². The first kappa shape index (κ1) is 16.9. The zero-order valence-electron chi connectivity index (χ0n) is 12.8. The van der Waals surface area contributed by atoms with Gasteiger partial charge in [0.15, 0.2) is 11.5 Å². The smallest absolute Gasteiger partial charge is 0.259 e. The summed E-state index contributed by atoms with van der Waals surface area (Å²) in [7, 11) is 4.36. The molecule has 1 aromatic carbocycles. The first-order valence-corrected chi connectivity index (χ1v) is 7.32. The van der Waals surface area contributed by atoms with Crippen LogP contribution >= 0.6 is 15.9 Å². The van der Waals surface area contributed by atoms with Crippen molar-refractivity contribution >= 4 is 33.3 Å². The molecule has 0 aliphatic rings. The second kappa shape index (κ2) is 7.19. The van der Waals surface area contributed by atoms with Gasteiger partial charge in [0.2, 0.25) is 5.75 Å². The lowest BCUT2D eigenvalue weighted by Gasteiger charge is -2.17. The molecule has 7 nitrogen and oxygen atoms in total. The lowest BCUT2D eigenvalue weighted by molar-refractivity contribution is 0.102. The van der Waals surface area contributed by atoms with E-state index in [-0.39, 0.29) is 17.0 Å². The van der Waals surface area contributed by atoms with E-state index in [9.17, 15) is 4.79 Å². The topological polar surface area (TPSA) is 95.7 Å². The number of rotatable bonds is 5. The van der Waals surface area contributed by atoms with Crippen LogP contribution in [0.5, 0.6) is 17.2 Å². The lowest BCUT2D eigenvalue weighted by Crippen LogP contribution is -2.16. The zero-order valence-corrected chi connectivity index (χ0v) is 14.4. The normalized spacial score (nSPS) is 10.1. The van der Waals surface area contributed by atoms with Crippen molar-refractivity contribution in [3.63, 3.8) is 0 Å². The molecule has 0 saturated carbocycles. The summed E-state index contributed by atoms with van der Waals surface area (Å²) in [6, 6.07) is 4.92. The van der Waals surface area contributed by atoms with Gasteiger partial charge in [0, 0.05) is 10.7 Å². The number of nitrogens with zero attached hydrogens (tertiary/aromatic N) is 1. The van der Waals surface area contributed by atoms with Gasteiger partial charge in [0.05, 0.1) is 32.6 Å². The maximum absolute atomic E-state index is 12.5. The highest BCUT2D eigenvalue weighted by molar-refractivity contribution is 9.10. The molecular weight excluding hydrogens is 366 g/mol. The molecule has 122 valence electrons. The van der Waals surface area contributed by atoms with Crippen LogP contribution in [0.15, 0.2) is 28.9 Å². The number of aromatic nitrogens is 1. The number of pyridine rings is 1. The van der Waals surface area contributed by atoms with Crippen molar-refractivity contribution in [1.29, 1.82) is 0 Å². The van der Waals surface area contributed by atoms with Crippen LogP contribution in [-0.4, -0.2) is 32.2 Å². The number of amides is 1. The molecular formula is C15H16BrN3O4. The van der Waals surface area contributed by atoms with Gasteiger partial charge in [-0.3, -0.25) is 4.79 Å². The lowest BCUT2D eigenvalue weighted by atomic mass is 10.1. The van der Waals surface area contributed by atoms with E-state index in [0.717, 1.165) is 4.47 Å². The Balaban J connectivity index is 2.41. The molecule has 2 rings (SSSR count). The Labute approximate surface area is 141 Å². The third-order valence-corrected chi connectivity index (χ3v) is 3.55. The van der Waals surface area contributed by atoms with E-state index in [1.165, 1.54) is 27.4 Å². The summed E-state index contributed by atoms with van der Waals surface area (Å²) < 4.78 is 16.5. The summed E-state index contributed by atoms with van der Waals surface area (Å²) in [5.41, 5.74) is 6.37. The molecule has 23 heavy (non-hydrogen) atoms. The minimum Gasteiger partial charge on any atom is -0.493 e. The van der Waals surface area contributed by atoms with Gasteiger partial charge in [0.25, 0.3) is 5.91 Å². The number of nitrogens with one attached hydrogen (secondary N) is 1. The number of nitrogens with two attached hydrogens (primary N) is 1. The summed E-state index contributed by atoms with van der Waals surface area (Å²) >= 11 is 3.28. The highest BCUT2D eigenvalue weighted by Gasteiger charge is 2.22. The van der Waals surface area contributed by atoms with E-state index < -0.39 is 5.91 Å². The standard InChI is InChI=1S/C15H16BrN3O4/c1-21-10-6-9(12(17)14(23-3)13(10)22-2)15(20)19-11-5-4-8(16)7-18-11/h4-7H,17H2,1-3H3,(H,18,19,20). The maximum Gasteiger partial charge on any atom is 0.259 e. The van der Waals surface area contributed by atoms with Crippen molar-refractivity contribution in [3.8, 4) is 17.2 Å². The molecule has 0 unspecified atom stereocenters. The highest BCUT2D eigenvalue weighted by atomic mass is 79.9. The maximum atomic E-state index is 12.5. The molecule has 3 N–H and O–H groups in total. The van der Waals surface area contributed by atoms with E-state index in [0.29, 0.717) is 17.3 Å². The van der Waals surface area contributed by atoms with Gasteiger partial charge in [-0.1, -0.05) is 0 Å². The van der Waals surface area contributed by atoms with E-state index in [2.05, 4.69) is 26.2 Å². The Hall–Kier alpha value is -2.48. The predicted molar refractivity (Wildman–Crippen MR) is 90.4 cm³/mol. The summed E-state index contributed by atoms with van der Waals surface area (Å²) in [5, 5.41) is 2.66. The van der Waals surface area contributed by atoms with Gasteiger partial charge < -0.3 is 25.3 Å². The second-order valence-corrected chi connectivity index (χ2v) is 5.34. The number of hydrogen-bond donors (Lipinski definition) is 2. The van der Waals surface area contributed by atoms with Crippen molar-refractivity contribution in [2.24, 2.45) is 0 Å². The molecule has 0 aliphatic carbocycles. The molecule has 8 heteroatoms. The number of nitrogen functional groups attached to an aromatic ring is 1. The summed E-state index contributed by atoms with van der Waals surface area (Å²) in [6.07, 6.45) is 1.58. The first-order valence-electron chi connectivity index (χ1n) is 6.53. The van der Waals surface area contributed by atoms with Crippen LogP contribution in [0.25, 0.3) is 0 Å². The van der Waals surface area contributed by atoms with E-state index in [1.807, 2.05) is 0 Å². The van der Waals surface area contributed by atoms with Crippen LogP contribution in [0.3, 0.4) is 0 Å². The van der Waals surface area contributed by atoms with Gasteiger partial charge in [0.1, 0.15) is 5.82 Å². The summed E-state index contributed by atoms with van der Waals surface area (Å²) in [6.45, 7) is 0. The minimum atomic E-state index is -0.434. The van der Waals surface area contributed by atoms with Crippen LogP contribution in [0.4, 0.5) is 11.5 Å². The number of ether oxygens (including phenoxy) is 3. The number of halogens is 1. The molecule has 0 spiro atoms. The van der Waals surface area contributed by atoms with Crippen molar-refractivity contribution < 1.29 is 19.0 Å². The minimum absolute atomic E-state index is 0.153. The van der Waals surface area contributed by atoms with Gasteiger partial charge in [-0.15, -0.1) is 0 Å². The van der Waals surface area contributed by atoms with Crippen molar-refractivity contribution in [3.05, 3.63) is 34.4 Å². The van der Waals surface area contributed by atoms with E-state index in [1.54, 1.807) is 18.3 Å². The summed E-state index contributed by atoms with van der Waals surface area (Å²) in [4.78, 5) is 16.5. The quantitative estimate of drug-likeness (QED) is 0.772. The third kappa shape index (κ3) is 3.48. The molecule has 0 fully saturated rings.